The van der Waals surface area contributed by atoms with Crippen molar-refractivity contribution < 1.29 is 9.47 Å². The van der Waals surface area contributed by atoms with Crippen molar-refractivity contribution in [3.63, 3.8) is 0 Å². The second kappa shape index (κ2) is 9.80. The van der Waals surface area contributed by atoms with E-state index in [0.29, 0.717) is 34.9 Å². The Labute approximate surface area is 145 Å². The molecule has 0 amide bonds. The van der Waals surface area contributed by atoms with E-state index in [1.807, 2.05) is 0 Å². The molecule has 4 unspecified atom stereocenters. The van der Waals surface area contributed by atoms with Crippen LogP contribution in [-0.4, -0.2) is 34.9 Å². The van der Waals surface area contributed by atoms with Gasteiger partial charge in [-0.25, -0.2) is 0 Å². The number of hydrogen-bond donors (Lipinski definition) is 0. The van der Waals surface area contributed by atoms with Gasteiger partial charge in [0, 0.05) is 10.5 Å². The molecule has 4 atom stereocenters. The molecule has 0 aromatic rings. The first-order valence-corrected chi connectivity index (χ1v) is 11.5. The van der Waals surface area contributed by atoms with Gasteiger partial charge in [-0.1, -0.05) is 47.3 Å². The highest BCUT2D eigenvalue weighted by molar-refractivity contribution is 8.77. The van der Waals surface area contributed by atoms with E-state index in [4.69, 9.17) is 9.47 Å². The van der Waals surface area contributed by atoms with E-state index in [1.54, 1.807) is 0 Å². The topological polar surface area (TPSA) is 18.5 Å². The average Bonchev–Trinajstić information content (AvgIpc) is 2.46. The molecule has 0 N–H and O–H groups in total. The summed E-state index contributed by atoms with van der Waals surface area (Å²) in [6.07, 6.45) is 12.1. The SMILES string of the molecule is CC(C)OC1CCCCC1SSC1CCCCC1OC(C)C. The summed E-state index contributed by atoms with van der Waals surface area (Å²) in [5.74, 6) is 0. The standard InChI is InChI=1S/C18H34O2S2/c1-13(2)19-15-9-5-7-11-17(15)21-22-18-12-8-6-10-16(18)20-14(3)4/h13-18H,5-12H2,1-4H3. The van der Waals surface area contributed by atoms with Gasteiger partial charge in [-0.15, -0.1) is 0 Å². The van der Waals surface area contributed by atoms with Crippen molar-refractivity contribution in [2.24, 2.45) is 0 Å². The van der Waals surface area contributed by atoms with Crippen molar-refractivity contribution in [3.05, 3.63) is 0 Å². The average molecular weight is 347 g/mol. The Balaban J connectivity index is 1.83. The molecule has 2 aliphatic carbocycles. The summed E-state index contributed by atoms with van der Waals surface area (Å²) in [4.78, 5) is 0. The molecule has 0 bridgehead atoms. The molecule has 2 nitrogen and oxygen atoms in total. The molecular formula is C18H34O2S2. The lowest BCUT2D eigenvalue weighted by Gasteiger charge is -2.35. The molecular weight excluding hydrogens is 312 g/mol. The zero-order chi connectivity index (χ0) is 15.9. The van der Waals surface area contributed by atoms with E-state index in [0.717, 1.165) is 0 Å². The van der Waals surface area contributed by atoms with Gasteiger partial charge in [0.1, 0.15) is 0 Å². The molecule has 0 aromatic carbocycles. The Hall–Kier alpha value is 0.620. The Kier molecular flexibility index (Phi) is 8.45. The van der Waals surface area contributed by atoms with Crippen molar-refractivity contribution >= 4 is 21.6 Å². The van der Waals surface area contributed by atoms with E-state index in [2.05, 4.69) is 49.3 Å². The van der Waals surface area contributed by atoms with E-state index in [1.165, 1.54) is 51.4 Å². The molecule has 0 aromatic heterocycles. The molecule has 4 heteroatoms. The van der Waals surface area contributed by atoms with Gasteiger partial charge in [-0.05, 0) is 53.4 Å². The van der Waals surface area contributed by atoms with Crippen LogP contribution in [0.1, 0.15) is 79.1 Å². The minimum absolute atomic E-state index is 0.350. The van der Waals surface area contributed by atoms with Gasteiger partial charge in [0.2, 0.25) is 0 Å². The Morgan fingerprint density at radius 3 is 1.36 bits per heavy atom. The molecule has 2 aliphatic rings. The largest absolute Gasteiger partial charge is 0.374 e. The number of hydrogen-bond acceptors (Lipinski definition) is 4. The third-order valence-corrected chi connectivity index (χ3v) is 7.98. The summed E-state index contributed by atoms with van der Waals surface area (Å²) in [5.41, 5.74) is 0. The van der Waals surface area contributed by atoms with Crippen LogP contribution in [0, 0.1) is 0 Å². The van der Waals surface area contributed by atoms with Gasteiger partial charge in [0.25, 0.3) is 0 Å². The predicted molar refractivity (Wildman–Crippen MR) is 99.7 cm³/mol. The molecule has 0 saturated heterocycles. The molecule has 2 fully saturated rings. The van der Waals surface area contributed by atoms with Crippen LogP contribution in [0.2, 0.25) is 0 Å². The van der Waals surface area contributed by atoms with E-state index in [9.17, 15) is 0 Å². The van der Waals surface area contributed by atoms with Crippen molar-refractivity contribution in [1.82, 2.24) is 0 Å². The lowest BCUT2D eigenvalue weighted by molar-refractivity contribution is -0.00855. The van der Waals surface area contributed by atoms with Crippen LogP contribution in [0.25, 0.3) is 0 Å². The van der Waals surface area contributed by atoms with Crippen LogP contribution in [-0.2, 0) is 9.47 Å². The zero-order valence-corrected chi connectivity index (χ0v) is 16.4. The van der Waals surface area contributed by atoms with Crippen LogP contribution in [0.5, 0.6) is 0 Å². The minimum Gasteiger partial charge on any atom is -0.374 e. The highest BCUT2D eigenvalue weighted by Crippen LogP contribution is 2.44. The molecule has 0 radical (unpaired) electrons. The Morgan fingerprint density at radius 1 is 0.636 bits per heavy atom. The first-order chi connectivity index (χ1) is 10.6. The molecule has 2 rings (SSSR count). The maximum atomic E-state index is 6.17. The maximum absolute atomic E-state index is 6.17. The van der Waals surface area contributed by atoms with Gasteiger partial charge in [-0.2, -0.15) is 0 Å². The highest BCUT2D eigenvalue weighted by atomic mass is 33.1. The first-order valence-electron chi connectivity index (χ1n) is 9.19. The number of ether oxygens (including phenoxy) is 2. The minimum atomic E-state index is 0.350. The van der Waals surface area contributed by atoms with Gasteiger partial charge in [-0.3, -0.25) is 0 Å². The smallest absolute Gasteiger partial charge is 0.0705 e. The summed E-state index contributed by atoms with van der Waals surface area (Å²) in [7, 11) is 4.19. The van der Waals surface area contributed by atoms with Gasteiger partial charge < -0.3 is 9.47 Å². The molecule has 130 valence electrons. The van der Waals surface area contributed by atoms with Gasteiger partial charge >= 0.3 is 0 Å². The highest BCUT2D eigenvalue weighted by Gasteiger charge is 2.32. The fraction of sp³-hybridized carbons (Fsp3) is 1.00. The summed E-state index contributed by atoms with van der Waals surface area (Å²) in [6.45, 7) is 8.66. The lowest BCUT2D eigenvalue weighted by atomic mass is 9.97. The lowest BCUT2D eigenvalue weighted by Crippen LogP contribution is -2.34. The zero-order valence-electron chi connectivity index (χ0n) is 14.8. The Morgan fingerprint density at radius 2 is 1.00 bits per heavy atom. The molecule has 0 spiro atoms. The fourth-order valence-corrected chi connectivity index (χ4v) is 7.14. The molecule has 2 saturated carbocycles. The van der Waals surface area contributed by atoms with Crippen LogP contribution in [0.3, 0.4) is 0 Å². The van der Waals surface area contributed by atoms with Crippen LogP contribution >= 0.6 is 21.6 Å². The second-order valence-corrected chi connectivity index (χ2v) is 10.0. The summed E-state index contributed by atoms with van der Waals surface area (Å²) < 4.78 is 12.3. The van der Waals surface area contributed by atoms with Crippen molar-refractivity contribution in [3.8, 4) is 0 Å². The first kappa shape index (κ1) is 19.0. The van der Waals surface area contributed by atoms with Gasteiger partial charge in [0.15, 0.2) is 0 Å². The molecule has 22 heavy (non-hydrogen) atoms. The summed E-state index contributed by atoms with van der Waals surface area (Å²) in [6, 6.07) is 0. The van der Waals surface area contributed by atoms with Crippen LogP contribution in [0.15, 0.2) is 0 Å². The Bertz CT molecular complexity index is 279. The van der Waals surface area contributed by atoms with Crippen LogP contribution in [0.4, 0.5) is 0 Å². The second-order valence-electron chi connectivity index (χ2n) is 7.28. The molecule has 0 heterocycles. The number of rotatable bonds is 7. The third kappa shape index (κ3) is 6.26. The van der Waals surface area contributed by atoms with Crippen molar-refractivity contribution in [2.75, 3.05) is 0 Å². The third-order valence-electron chi connectivity index (χ3n) is 4.48. The fourth-order valence-electron chi connectivity index (χ4n) is 3.50. The van der Waals surface area contributed by atoms with Gasteiger partial charge in [0.05, 0.1) is 24.4 Å². The predicted octanol–water partition coefficient (Wildman–Crippen LogP) is 5.84. The normalized spacial score (nSPS) is 33.5. The monoisotopic (exact) mass is 346 g/mol. The van der Waals surface area contributed by atoms with Crippen molar-refractivity contribution in [2.45, 2.75) is 114 Å². The summed E-state index contributed by atoms with van der Waals surface area (Å²) in [5, 5.41) is 1.34. The maximum Gasteiger partial charge on any atom is 0.0705 e. The quantitative estimate of drug-likeness (QED) is 0.539. The summed E-state index contributed by atoms with van der Waals surface area (Å²) >= 11 is 0. The van der Waals surface area contributed by atoms with Crippen LogP contribution < -0.4 is 0 Å². The van der Waals surface area contributed by atoms with E-state index >= 15 is 0 Å². The van der Waals surface area contributed by atoms with E-state index in [-0.39, 0.29) is 0 Å². The van der Waals surface area contributed by atoms with E-state index < -0.39 is 0 Å². The van der Waals surface area contributed by atoms with Crippen molar-refractivity contribution in [1.29, 1.82) is 0 Å². The molecule has 0 aliphatic heterocycles.